The number of nitro groups is 1. The maximum atomic E-state index is 12.3. The average molecular weight is 406 g/mol. The Bertz CT molecular complexity index is 806. The van der Waals surface area contributed by atoms with Crippen LogP contribution in [0.2, 0.25) is 0 Å². The molecular weight excluding hydrogens is 390 g/mol. The fourth-order valence-corrected chi connectivity index (χ4v) is 3.05. The van der Waals surface area contributed by atoms with Crippen LogP contribution in [0.5, 0.6) is 0 Å². The molecule has 0 atom stereocenters. The molecule has 0 unspecified atom stereocenters. The van der Waals surface area contributed by atoms with E-state index in [1.807, 2.05) is 11.0 Å². The standard InChI is InChI=1S/C17H16BrN3O4/c18-13-3-1-2-12(10-13)17(22)19-14-4-5-15(16(11-14)21(23)24)20-6-8-25-9-7-20/h1-5,10-11H,6-9H2,(H,19,22). The maximum absolute atomic E-state index is 12.3. The fourth-order valence-electron chi connectivity index (χ4n) is 2.65. The van der Waals surface area contributed by atoms with E-state index in [2.05, 4.69) is 21.2 Å². The van der Waals surface area contributed by atoms with Gasteiger partial charge in [0.05, 0.1) is 18.1 Å². The molecule has 1 N–H and O–H groups in total. The van der Waals surface area contributed by atoms with Crippen molar-refractivity contribution >= 4 is 38.9 Å². The Balaban J connectivity index is 1.84. The number of hydrogen-bond acceptors (Lipinski definition) is 5. The van der Waals surface area contributed by atoms with E-state index in [-0.39, 0.29) is 11.6 Å². The molecule has 8 heteroatoms. The SMILES string of the molecule is O=C(Nc1ccc(N2CCOCC2)c([N+](=O)[O-])c1)c1cccc(Br)c1. The van der Waals surface area contributed by atoms with Crippen molar-refractivity contribution in [2.45, 2.75) is 0 Å². The number of morpholine rings is 1. The number of hydrogen-bond donors (Lipinski definition) is 1. The minimum Gasteiger partial charge on any atom is -0.378 e. The number of carbonyl (C=O) groups is 1. The second-order valence-corrected chi connectivity index (χ2v) is 6.44. The number of nitrogens with zero attached hydrogens (tertiary/aromatic N) is 2. The van der Waals surface area contributed by atoms with Crippen molar-refractivity contribution in [1.29, 1.82) is 0 Å². The Morgan fingerprint density at radius 1 is 1.20 bits per heavy atom. The zero-order chi connectivity index (χ0) is 17.8. The van der Waals surface area contributed by atoms with Gasteiger partial charge >= 0.3 is 0 Å². The van der Waals surface area contributed by atoms with Crippen LogP contribution in [0.1, 0.15) is 10.4 Å². The summed E-state index contributed by atoms with van der Waals surface area (Å²) in [5.41, 5.74) is 1.35. The van der Waals surface area contributed by atoms with Crippen molar-refractivity contribution < 1.29 is 14.5 Å². The van der Waals surface area contributed by atoms with Crippen molar-refractivity contribution in [3.05, 3.63) is 62.6 Å². The third kappa shape index (κ3) is 4.15. The van der Waals surface area contributed by atoms with Gasteiger partial charge in [-0.1, -0.05) is 22.0 Å². The van der Waals surface area contributed by atoms with Gasteiger partial charge in [0.25, 0.3) is 11.6 Å². The van der Waals surface area contributed by atoms with E-state index < -0.39 is 4.92 Å². The van der Waals surface area contributed by atoms with Crippen LogP contribution < -0.4 is 10.2 Å². The van der Waals surface area contributed by atoms with Gasteiger partial charge in [0.1, 0.15) is 5.69 Å². The van der Waals surface area contributed by atoms with Crippen molar-refractivity contribution in [2.75, 3.05) is 36.5 Å². The third-order valence-corrected chi connectivity index (χ3v) is 4.36. The van der Waals surface area contributed by atoms with Gasteiger partial charge in [-0.2, -0.15) is 0 Å². The lowest BCUT2D eigenvalue weighted by Crippen LogP contribution is -2.36. The van der Waals surface area contributed by atoms with Crippen LogP contribution in [0.25, 0.3) is 0 Å². The molecular formula is C17H16BrN3O4. The van der Waals surface area contributed by atoms with Crippen LogP contribution in [0.3, 0.4) is 0 Å². The summed E-state index contributed by atoms with van der Waals surface area (Å²) in [6, 6.07) is 11.7. The lowest BCUT2D eigenvalue weighted by Gasteiger charge is -2.28. The number of carbonyl (C=O) groups excluding carboxylic acids is 1. The molecule has 0 spiro atoms. The van der Waals surface area contributed by atoms with Gasteiger partial charge in [-0.15, -0.1) is 0 Å². The Labute approximate surface area is 152 Å². The van der Waals surface area contributed by atoms with E-state index in [1.54, 1.807) is 30.3 Å². The first-order chi connectivity index (χ1) is 12.0. The summed E-state index contributed by atoms with van der Waals surface area (Å²) in [5.74, 6) is -0.324. The molecule has 7 nitrogen and oxygen atoms in total. The van der Waals surface area contributed by atoms with Gasteiger partial charge in [-0.05, 0) is 30.3 Å². The highest BCUT2D eigenvalue weighted by Crippen LogP contribution is 2.31. The molecule has 1 aliphatic heterocycles. The van der Waals surface area contributed by atoms with E-state index >= 15 is 0 Å². The second kappa shape index (κ2) is 7.62. The maximum Gasteiger partial charge on any atom is 0.294 e. The molecule has 1 aliphatic rings. The van der Waals surface area contributed by atoms with Gasteiger partial charge in [-0.25, -0.2) is 0 Å². The Morgan fingerprint density at radius 3 is 2.64 bits per heavy atom. The van der Waals surface area contributed by atoms with Crippen LogP contribution in [-0.2, 0) is 4.74 Å². The Morgan fingerprint density at radius 2 is 1.96 bits per heavy atom. The topological polar surface area (TPSA) is 84.7 Å². The number of amides is 1. The molecule has 1 amide bonds. The zero-order valence-electron chi connectivity index (χ0n) is 13.3. The van der Waals surface area contributed by atoms with Crippen LogP contribution in [0.15, 0.2) is 46.9 Å². The summed E-state index contributed by atoms with van der Waals surface area (Å²) in [6.45, 7) is 2.28. The van der Waals surface area contributed by atoms with Crippen molar-refractivity contribution in [3.8, 4) is 0 Å². The van der Waals surface area contributed by atoms with E-state index in [0.717, 1.165) is 4.47 Å². The van der Waals surface area contributed by atoms with Gasteiger partial charge < -0.3 is 15.0 Å². The molecule has 1 fully saturated rings. The van der Waals surface area contributed by atoms with E-state index in [4.69, 9.17) is 4.74 Å². The third-order valence-electron chi connectivity index (χ3n) is 3.87. The molecule has 1 saturated heterocycles. The Kier molecular flexibility index (Phi) is 5.30. The van der Waals surface area contributed by atoms with Crippen molar-refractivity contribution in [1.82, 2.24) is 0 Å². The molecule has 3 rings (SSSR count). The van der Waals surface area contributed by atoms with Crippen LogP contribution >= 0.6 is 15.9 Å². The molecule has 0 bridgehead atoms. The minimum absolute atomic E-state index is 0.0334. The number of nitrogens with one attached hydrogen (secondary N) is 1. The highest BCUT2D eigenvalue weighted by Gasteiger charge is 2.22. The summed E-state index contributed by atoms with van der Waals surface area (Å²) in [4.78, 5) is 25.2. The molecule has 0 saturated carbocycles. The van der Waals surface area contributed by atoms with Crippen molar-refractivity contribution in [2.24, 2.45) is 0 Å². The molecule has 0 radical (unpaired) electrons. The molecule has 130 valence electrons. The molecule has 0 aromatic heterocycles. The van der Waals surface area contributed by atoms with Crippen molar-refractivity contribution in [3.63, 3.8) is 0 Å². The van der Waals surface area contributed by atoms with Gasteiger partial charge in [0, 0.05) is 34.9 Å². The van der Waals surface area contributed by atoms with Crippen LogP contribution in [0.4, 0.5) is 17.1 Å². The molecule has 1 heterocycles. The number of halogens is 1. The summed E-state index contributed by atoms with van der Waals surface area (Å²) in [5, 5.41) is 14.1. The van der Waals surface area contributed by atoms with Gasteiger partial charge in [-0.3, -0.25) is 14.9 Å². The van der Waals surface area contributed by atoms with E-state index in [0.29, 0.717) is 43.2 Å². The first-order valence-electron chi connectivity index (χ1n) is 7.72. The number of rotatable bonds is 4. The predicted octanol–water partition coefficient (Wildman–Crippen LogP) is 3.45. The van der Waals surface area contributed by atoms with Gasteiger partial charge in [0.2, 0.25) is 0 Å². The van der Waals surface area contributed by atoms with Crippen LogP contribution in [-0.4, -0.2) is 37.1 Å². The molecule has 0 aliphatic carbocycles. The number of benzene rings is 2. The quantitative estimate of drug-likeness (QED) is 0.621. The average Bonchev–Trinajstić information content (AvgIpc) is 2.62. The predicted molar refractivity (Wildman–Crippen MR) is 98.2 cm³/mol. The summed E-state index contributed by atoms with van der Waals surface area (Å²) in [7, 11) is 0. The zero-order valence-corrected chi connectivity index (χ0v) is 14.9. The molecule has 2 aromatic rings. The lowest BCUT2D eigenvalue weighted by molar-refractivity contribution is -0.384. The summed E-state index contributed by atoms with van der Waals surface area (Å²) in [6.07, 6.45) is 0. The first-order valence-corrected chi connectivity index (χ1v) is 8.52. The number of nitro benzene ring substituents is 1. The fraction of sp³-hybridized carbons (Fsp3) is 0.235. The largest absolute Gasteiger partial charge is 0.378 e. The number of ether oxygens (including phenoxy) is 1. The smallest absolute Gasteiger partial charge is 0.294 e. The highest BCUT2D eigenvalue weighted by molar-refractivity contribution is 9.10. The summed E-state index contributed by atoms with van der Waals surface area (Å²) >= 11 is 3.32. The van der Waals surface area contributed by atoms with E-state index in [9.17, 15) is 14.9 Å². The lowest BCUT2D eigenvalue weighted by atomic mass is 10.2. The monoisotopic (exact) mass is 405 g/mol. The van der Waals surface area contributed by atoms with Crippen LogP contribution in [0, 0.1) is 10.1 Å². The highest BCUT2D eigenvalue weighted by atomic mass is 79.9. The minimum atomic E-state index is -0.431. The molecule has 25 heavy (non-hydrogen) atoms. The van der Waals surface area contributed by atoms with Gasteiger partial charge in [0.15, 0.2) is 0 Å². The second-order valence-electron chi connectivity index (χ2n) is 5.52. The number of anilines is 2. The molecule has 2 aromatic carbocycles. The summed E-state index contributed by atoms with van der Waals surface area (Å²) < 4.78 is 6.07. The normalized spacial score (nSPS) is 14.2. The first kappa shape index (κ1) is 17.4. The van der Waals surface area contributed by atoms with E-state index in [1.165, 1.54) is 6.07 Å². The Hall–Kier alpha value is -2.45.